The number of unbranched alkanes of at least 4 members (excludes halogenated alkanes) is 2. The van der Waals surface area contributed by atoms with Gasteiger partial charge in [0.1, 0.15) is 0 Å². The Morgan fingerprint density at radius 2 is 2.00 bits per heavy atom. The summed E-state index contributed by atoms with van der Waals surface area (Å²) in [7, 11) is 0. The first-order valence-electron chi connectivity index (χ1n) is 7.36. The van der Waals surface area contributed by atoms with Crippen LogP contribution in [0.5, 0.6) is 0 Å². The Hall–Kier alpha value is -1.88. The molecule has 0 spiro atoms. The summed E-state index contributed by atoms with van der Waals surface area (Å²) in [6.07, 6.45) is 3.06. The number of nitrogens with zero attached hydrogens (tertiary/aromatic N) is 1. The van der Waals surface area contributed by atoms with E-state index in [0.29, 0.717) is 24.3 Å². The van der Waals surface area contributed by atoms with Gasteiger partial charge in [-0.15, -0.1) is 0 Å². The number of aliphatic hydroxyl groups is 1. The fourth-order valence-electron chi connectivity index (χ4n) is 2.10. The second-order valence-corrected chi connectivity index (χ2v) is 4.98. The quantitative estimate of drug-likeness (QED) is 0.722. The lowest BCUT2D eigenvalue weighted by Gasteiger charge is -2.22. The van der Waals surface area contributed by atoms with Crippen LogP contribution in [0.15, 0.2) is 24.3 Å². The van der Waals surface area contributed by atoms with E-state index in [1.807, 2.05) is 0 Å². The summed E-state index contributed by atoms with van der Waals surface area (Å²) in [6, 6.07) is 6.86. The van der Waals surface area contributed by atoms with Crippen molar-refractivity contribution in [3.63, 3.8) is 0 Å². The van der Waals surface area contributed by atoms with E-state index in [0.717, 1.165) is 19.3 Å². The van der Waals surface area contributed by atoms with Gasteiger partial charge in [0.05, 0.1) is 6.61 Å². The third-order valence-corrected chi connectivity index (χ3v) is 3.12. The van der Waals surface area contributed by atoms with Crippen molar-refractivity contribution in [1.82, 2.24) is 4.90 Å². The summed E-state index contributed by atoms with van der Waals surface area (Å²) in [5.41, 5.74) is 1.12. The molecular weight excluding hydrogens is 268 g/mol. The van der Waals surface area contributed by atoms with Crippen LogP contribution >= 0.6 is 0 Å². The molecule has 0 aromatic heterocycles. The van der Waals surface area contributed by atoms with Crippen molar-refractivity contribution in [2.75, 3.05) is 25.0 Å². The fraction of sp³-hybridized carbons (Fsp3) is 0.500. The molecule has 2 amide bonds. The van der Waals surface area contributed by atoms with E-state index in [1.54, 1.807) is 29.2 Å². The summed E-state index contributed by atoms with van der Waals surface area (Å²) in [4.78, 5) is 25.2. The van der Waals surface area contributed by atoms with Gasteiger partial charge in [0, 0.05) is 31.3 Å². The predicted molar refractivity (Wildman–Crippen MR) is 83.3 cm³/mol. The van der Waals surface area contributed by atoms with Crippen LogP contribution in [0.4, 0.5) is 5.69 Å². The van der Waals surface area contributed by atoms with Crippen LogP contribution in [-0.2, 0) is 4.79 Å². The lowest BCUT2D eigenvalue weighted by molar-refractivity contribution is -0.114. The maximum Gasteiger partial charge on any atom is 0.254 e. The summed E-state index contributed by atoms with van der Waals surface area (Å²) in [5, 5.41) is 11.8. The van der Waals surface area contributed by atoms with E-state index in [9.17, 15) is 9.59 Å². The number of aliphatic hydroxyl groups excluding tert-OH is 1. The number of carbonyl (C=O) groups is 2. The van der Waals surface area contributed by atoms with Gasteiger partial charge in [0.2, 0.25) is 5.91 Å². The Morgan fingerprint density at radius 3 is 2.62 bits per heavy atom. The van der Waals surface area contributed by atoms with Gasteiger partial charge in [-0.1, -0.05) is 25.8 Å². The molecule has 5 heteroatoms. The first-order valence-corrected chi connectivity index (χ1v) is 7.36. The van der Waals surface area contributed by atoms with Crippen LogP contribution in [0, 0.1) is 0 Å². The summed E-state index contributed by atoms with van der Waals surface area (Å²) < 4.78 is 0. The summed E-state index contributed by atoms with van der Waals surface area (Å²) in [6.45, 7) is 4.44. The number of rotatable bonds is 8. The van der Waals surface area contributed by atoms with Crippen molar-refractivity contribution >= 4 is 17.5 Å². The van der Waals surface area contributed by atoms with Crippen LogP contribution in [-0.4, -0.2) is 41.5 Å². The maximum atomic E-state index is 12.5. The van der Waals surface area contributed by atoms with Gasteiger partial charge >= 0.3 is 0 Å². The molecule has 0 aliphatic heterocycles. The van der Waals surface area contributed by atoms with E-state index < -0.39 is 0 Å². The molecule has 116 valence electrons. The standard InChI is InChI=1S/C16H24N2O3/c1-3-4-5-9-18(10-11-19)16(21)14-7-6-8-15(12-14)17-13(2)20/h6-8,12,19H,3-5,9-11H2,1-2H3,(H,17,20). The molecule has 0 saturated carbocycles. The molecule has 1 aromatic carbocycles. The Morgan fingerprint density at radius 1 is 1.24 bits per heavy atom. The zero-order chi connectivity index (χ0) is 15.7. The van der Waals surface area contributed by atoms with Crippen LogP contribution in [0.2, 0.25) is 0 Å². The number of benzene rings is 1. The molecular formula is C16H24N2O3. The summed E-state index contributed by atoms with van der Waals surface area (Å²) in [5.74, 6) is -0.290. The molecule has 1 aromatic rings. The largest absolute Gasteiger partial charge is 0.395 e. The molecule has 0 saturated heterocycles. The van der Waals surface area contributed by atoms with Gasteiger partial charge in [-0.05, 0) is 24.6 Å². The first kappa shape index (κ1) is 17.2. The zero-order valence-electron chi connectivity index (χ0n) is 12.8. The van der Waals surface area contributed by atoms with Crippen molar-refractivity contribution < 1.29 is 14.7 Å². The summed E-state index contributed by atoms with van der Waals surface area (Å²) >= 11 is 0. The number of hydrogen-bond acceptors (Lipinski definition) is 3. The molecule has 1 rings (SSSR count). The molecule has 21 heavy (non-hydrogen) atoms. The minimum atomic E-state index is -0.172. The minimum absolute atomic E-state index is 0.0523. The molecule has 0 fully saturated rings. The fourth-order valence-corrected chi connectivity index (χ4v) is 2.10. The van der Waals surface area contributed by atoms with Crippen molar-refractivity contribution in [3.05, 3.63) is 29.8 Å². The number of carbonyl (C=O) groups excluding carboxylic acids is 2. The number of nitrogens with one attached hydrogen (secondary N) is 1. The van der Waals surface area contributed by atoms with Crippen molar-refractivity contribution in [2.45, 2.75) is 33.1 Å². The number of anilines is 1. The molecule has 0 atom stereocenters. The first-order chi connectivity index (χ1) is 10.1. The van der Waals surface area contributed by atoms with Gasteiger partial charge in [0.25, 0.3) is 5.91 Å². The zero-order valence-corrected chi connectivity index (χ0v) is 12.8. The molecule has 0 aliphatic rings. The van der Waals surface area contributed by atoms with Gasteiger partial charge < -0.3 is 15.3 Å². The Balaban J connectivity index is 2.79. The third kappa shape index (κ3) is 5.95. The van der Waals surface area contributed by atoms with E-state index in [-0.39, 0.29) is 18.4 Å². The second-order valence-electron chi connectivity index (χ2n) is 4.98. The van der Waals surface area contributed by atoms with E-state index in [2.05, 4.69) is 12.2 Å². The molecule has 5 nitrogen and oxygen atoms in total. The van der Waals surface area contributed by atoms with Crippen LogP contribution < -0.4 is 5.32 Å². The monoisotopic (exact) mass is 292 g/mol. The van der Waals surface area contributed by atoms with Gasteiger partial charge in [-0.3, -0.25) is 9.59 Å². The van der Waals surface area contributed by atoms with Gasteiger partial charge in [-0.25, -0.2) is 0 Å². The number of hydrogen-bond donors (Lipinski definition) is 2. The van der Waals surface area contributed by atoms with Crippen LogP contribution in [0.1, 0.15) is 43.5 Å². The van der Waals surface area contributed by atoms with Crippen molar-refractivity contribution in [1.29, 1.82) is 0 Å². The van der Waals surface area contributed by atoms with Crippen LogP contribution in [0.3, 0.4) is 0 Å². The molecule has 0 aliphatic carbocycles. The van der Waals surface area contributed by atoms with E-state index in [1.165, 1.54) is 6.92 Å². The molecule has 0 radical (unpaired) electrons. The molecule has 2 N–H and O–H groups in total. The lowest BCUT2D eigenvalue weighted by Crippen LogP contribution is -2.34. The highest BCUT2D eigenvalue weighted by atomic mass is 16.3. The smallest absolute Gasteiger partial charge is 0.254 e. The predicted octanol–water partition coefficient (Wildman–Crippen LogP) is 2.27. The SMILES string of the molecule is CCCCCN(CCO)C(=O)c1cccc(NC(C)=O)c1. The average molecular weight is 292 g/mol. The highest BCUT2D eigenvalue weighted by molar-refractivity contribution is 5.96. The topological polar surface area (TPSA) is 69.6 Å². The average Bonchev–Trinajstić information content (AvgIpc) is 2.45. The normalized spacial score (nSPS) is 10.2. The van der Waals surface area contributed by atoms with Gasteiger partial charge in [0.15, 0.2) is 0 Å². The Bertz CT molecular complexity index is 474. The number of amides is 2. The van der Waals surface area contributed by atoms with E-state index in [4.69, 9.17) is 5.11 Å². The van der Waals surface area contributed by atoms with Gasteiger partial charge in [-0.2, -0.15) is 0 Å². The van der Waals surface area contributed by atoms with E-state index >= 15 is 0 Å². The minimum Gasteiger partial charge on any atom is -0.395 e. The Kier molecular flexibility index (Phi) is 7.46. The highest BCUT2D eigenvalue weighted by Gasteiger charge is 2.15. The Labute approximate surface area is 126 Å². The molecule has 0 unspecified atom stereocenters. The highest BCUT2D eigenvalue weighted by Crippen LogP contribution is 2.13. The third-order valence-electron chi connectivity index (χ3n) is 3.12. The molecule has 0 bridgehead atoms. The lowest BCUT2D eigenvalue weighted by atomic mass is 10.1. The van der Waals surface area contributed by atoms with Crippen molar-refractivity contribution in [2.24, 2.45) is 0 Å². The maximum absolute atomic E-state index is 12.5. The van der Waals surface area contributed by atoms with Crippen molar-refractivity contribution in [3.8, 4) is 0 Å². The second kappa shape index (κ2) is 9.13. The van der Waals surface area contributed by atoms with Crippen LogP contribution in [0.25, 0.3) is 0 Å². The molecule has 0 heterocycles.